The molecule has 1 aliphatic heterocycles. The summed E-state index contributed by atoms with van der Waals surface area (Å²) in [5.74, 6) is 0.735. The van der Waals surface area contributed by atoms with E-state index in [4.69, 9.17) is 11.6 Å². The third kappa shape index (κ3) is 4.43. The van der Waals surface area contributed by atoms with Gasteiger partial charge in [0.2, 0.25) is 0 Å². The predicted molar refractivity (Wildman–Crippen MR) is 129 cm³/mol. The summed E-state index contributed by atoms with van der Waals surface area (Å²) in [7, 11) is 0. The maximum absolute atomic E-state index is 12.8. The highest BCUT2D eigenvalue weighted by molar-refractivity contribution is 6.22. The summed E-state index contributed by atoms with van der Waals surface area (Å²) in [6, 6.07) is 15.5. The van der Waals surface area contributed by atoms with Crippen molar-refractivity contribution in [3.05, 3.63) is 77.5 Å². The molecule has 160 valence electrons. The lowest BCUT2D eigenvalue weighted by atomic mass is 9.83. The van der Waals surface area contributed by atoms with Gasteiger partial charge in [0.1, 0.15) is 0 Å². The van der Waals surface area contributed by atoms with Gasteiger partial charge in [-0.15, -0.1) is 11.6 Å². The molecule has 1 fully saturated rings. The molecule has 3 nitrogen and oxygen atoms in total. The topological polar surface area (TPSA) is 32.3 Å². The number of alkyl halides is 1. The average Bonchev–Trinajstić information content (AvgIpc) is 3.25. The number of halogens is 1. The van der Waals surface area contributed by atoms with Crippen LogP contribution in [0.4, 0.5) is 10.5 Å². The first-order valence-electron chi connectivity index (χ1n) is 11.5. The van der Waals surface area contributed by atoms with Crippen LogP contribution in [0, 0.1) is 0 Å². The molecule has 31 heavy (non-hydrogen) atoms. The van der Waals surface area contributed by atoms with Crippen molar-refractivity contribution in [3.63, 3.8) is 0 Å². The molecule has 5 rings (SSSR count). The van der Waals surface area contributed by atoms with Crippen molar-refractivity contribution in [3.8, 4) is 11.1 Å². The standard InChI is InChI=1S/C27H29ClN2O/c28-24-11-13-25(14-12-24)29-27(31)30-17-16-23-18-22(10-15-26(23)30)21-8-6-20(7-9-21)19-4-2-1-3-5-19/h6-11,13-15,18-19,24H,1-5,12,16-17H2,(H,29,31). The van der Waals surface area contributed by atoms with E-state index in [1.54, 1.807) is 0 Å². The van der Waals surface area contributed by atoms with Crippen molar-refractivity contribution in [1.29, 1.82) is 0 Å². The number of carbonyl (C=O) groups is 1. The van der Waals surface area contributed by atoms with Crippen LogP contribution in [0.5, 0.6) is 0 Å². The molecule has 3 aliphatic rings. The Hall–Kier alpha value is -2.52. The normalized spacial score (nSPS) is 21.0. The molecular formula is C27H29ClN2O. The van der Waals surface area contributed by atoms with Crippen LogP contribution in [0.2, 0.25) is 0 Å². The number of nitrogens with zero attached hydrogens (tertiary/aromatic N) is 1. The van der Waals surface area contributed by atoms with E-state index >= 15 is 0 Å². The van der Waals surface area contributed by atoms with E-state index in [1.807, 2.05) is 23.1 Å². The number of allylic oxidation sites excluding steroid dienone is 3. The van der Waals surface area contributed by atoms with E-state index in [0.29, 0.717) is 6.54 Å². The number of nitrogens with one attached hydrogen (secondary N) is 1. The van der Waals surface area contributed by atoms with Crippen molar-refractivity contribution < 1.29 is 4.79 Å². The van der Waals surface area contributed by atoms with E-state index in [-0.39, 0.29) is 11.4 Å². The Kier molecular flexibility index (Phi) is 5.87. The van der Waals surface area contributed by atoms with Crippen LogP contribution >= 0.6 is 11.6 Å². The third-order valence-electron chi connectivity index (χ3n) is 6.84. The lowest BCUT2D eigenvalue weighted by Gasteiger charge is -2.22. The molecule has 2 aromatic carbocycles. The van der Waals surface area contributed by atoms with Crippen molar-refractivity contribution in [2.45, 2.75) is 56.2 Å². The molecule has 1 atom stereocenters. The van der Waals surface area contributed by atoms with Crippen molar-refractivity contribution in [1.82, 2.24) is 5.32 Å². The first kappa shape index (κ1) is 20.4. The summed E-state index contributed by atoms with van der Waals surface area (Å²) in [6.07, 6.45) is 14.2. The van der Waals surface area contributed by atoms with Gasteiger partial charge in [-0.3, -0.25) is 4.90 Å². The van der Waals surface area contributed by atoms with Gasteiger partial charge in [-0.2, -0.15) is 0 Å². The fourth-order valence-corrected chi connectivity index (χ4v) is 5.22. The number of hydrogen-bond acceptors (Lipinski definition) is 1. The summed E-state index contributed by atoms with van der Waals surface area (Å²) in [4.78, 5) is 14.6. The molecule has 1 unspecified atom stereocenters. The monoisotopic (exact) mass is 432 g/mol. The summed E-state index contributed by atoms with van der Waals surface area (Å²) < 4.78 is 0. The highest BCUT2D eigenvalue weighted by Gasteiger charge is 2.25. The van der Waals surface area contributed by atoms with Crippen molar-refractivity contribution >= 4 is 23.3 Å². The van der Waals surface area contributed by atoms with Gasteiger partial charge in [0.05, 0.1) is 5.38 Å². The Balaban J connectivity index is 1.29. The smallest absolute Gasteiger partial charge is 0.308 e. The zero-order valence-electron chi connectivity index (χ0n) is 17.8. The molecule has 0 aromatic heterocycles. The molecule has 4 heteroatoms. The maximum atomic E-state index is 12.8. The average molecular weight is 433 g/mol. The van der Waals surface area contributed by atoms with Gasteiger partial charge in [-0.1, -0.05) is 61.7 Å². The van der Waals surface area contributed by atoms with Gasteiger partial charge >= 0.3 is 6.03 Å². The van der Waals surface area contributed by atoms with Gasteiger partial charge in [0.25, 0.3) is 0 Å². The number of fused-ring (bicyclic) bond motifs is 1. The molecule has 0 radical (unpaired) electrons. The summed E-state index contributed by atoms with van der Waals surface area (Å²) in [6.45, 7) is 0.709. The number of urea groups is 1. The second-order valence-corrected chi connectivity index (χ2v) is 9.46. The van der Waals surface area contributed by atoms with Crippen LogP contribution in [-0.4, -0.2) is 18.0 Å². The fraction of sp³-hybridized carbons (Fsp3) is 0.370. The molecule has 2 aromatic rings. The van der Waals surface area contributed by atoms with E-state index in [2.05, 4.69) is 47.8 Å². The first-order valence-corrected chi connectivity index (χ1v) is 12.0. The summed E-state index contributed by atoms with van der Waals surface area (Å²) >= 11 is 6.07. The lowest BCUT2D eigenvalue weighted by molar-refractivity contribution is 0.249. The van der Waals surface area contributed by atoms with E-state index in [0.717, 1.165) is 30.1 Å². The Morgan fingerprint density at radius 2 is 1.77 bits per heavy atom. The Morgan fingerprint density at radius 1 is 1.00 bits per heavy atom. The fourth-order valence-electron chi connectivity index (χ4n) is 5.05. The minimum absolute atomic E-state index is 0.0170. The zero-order valence-corrected chi connectivity index (χ0v) is 18.6. The Morgan fingerprint density at radius 3 is 2.52 bits per heavy atom. The zero-order chi connectivity index (χ0) is 21.2. The minimum Gasteiger partial charge on any atom is -0.308 e. The van der Waals surface area contributed by atoms with Gasteiger partial charge in [0.15, 0.2) is 0 Å². The maximum Gasteiger partial charge on any atom is 0.326 e. The molecule has 1 N–H and O–H groups in total. The summed E-state index contributed by atoms with van der Waals surface area (Å²) in [5, 5.41) is 3.03. The molecular weight excluding hydrogens is 404 g/mol. The van der Waals surface area contributed by atoms with Gasteiger partial charge < -0.3 is 5.32 Å². The van der Waals surface area contributed by atoms with E-state index in [1.165, 1.54) is 54.4 Å². The molecule has 2 amide bonds. The largest absolute Gasteiger partial charge is 0.326 e. The number of hydrogen-bond donors (Lipinski definition) is 1. The van der Waals surface area contributed by atoms with Gasteiger partial charge in [0, 0.05) is 17.9 Å². The number of anilines is 1. The van der Waals surface area contributed by atoms with Gasteiger partial charge in [-0.05, 0) is 72.1 Å². The number of carbonyl (C=O) groups excluding carboxylic acids is 1. The van der Waals surface area contributed by atoms with Crippen molar-refractivity contribution in [2.75, 3.05) is 11.4 Å². The lowest BCUT2D eigenvalue weighted by Crippen LogP contribution is -2.38. The molecule has 0 bridgehead atoms. The second kappa shape index (κ2) is 8.92. The number of rotatable bonds is 3. The number of benzene rings is 2. The molecule has 1 saturated carbocycles. The first-order chi connectivity index (χ1) is 15.2. The van der Waals surface area contributed by atoms with Crippen LogP contribution in [0.15, 0.2) is 66.4 Å². The third-order valence-corrected chi connectivity index (χ3v) is 7.16. The molecule has 0 saturated heterocycles. The predicted octanol–water partition coefficient (Wildman–Crippen LogP) is 6.92. The van der Waals surface area contributed by atoms with E-state index < -0.39 is 0 Å². The van der Waals surface area contributed by atoms with Gasteiger partial charge in [-0.25, -0.2) is 4.79 Å². The Bertz CT molecular complexity index is 1020. The van der Waals surface area contributed by atoms with Crippen molar-refractivity contribution in [2.24, 2.45) is 0 Å². The highest BCUT2D eigenvalue weighted by Crippen LogP contribution is 2.35. The molecule has 0 spiro atoms. The quantitative estimate of drug-likeness (QED) is 0.524. The molecule has 2 aliphatic carbocycles. The van der Waals surface area contributed by atoms with Crippen LogP contribution < -0.4 is 10.2 Å². The minimum atomic E-state index is -0.0766. The second-order valence-electron chi connectivity index (χ2n) is 8.90. The Labute approximate surface area is 189 Å². The summed E-state index contributed by atoms with van der Waals surface area (Å²) in [5.41, 5.74) is 7.03. The van der Waals surface area contributed by atoms with Crippen LogP contribution in [-0.2, 0) is 6.42 Å². The SMILES string of the molecule is O=C(NC1=CCC(Cl)C=C1)N1CCc2cc(-c3ccc(C4CCCCC4)cc3)ccc21. The molecule has 1 heterocycles. The van der Waals surface area contributed by atoms with E-state index in [9.17, 15) is 4.79 Å². The number of amides is 2. The highest BCUT2D eigenvalue weighted by atomic mass is 35.5. The van der Waals surface area contributed by atoms with Crippen LogP contribution in [0.1, 0.15) is 55.6 Å². The van der Waals surface area contributed by atoms with Crippen LogP contribution in [0.3, 0.4) is 0 Å². The van der Waals surface area contributed by atoms with Crippen LogP contribution in [0.25, 0.3) is 11.1 Å².